The maximum absolute atomic E-state index is 5.48. The van der Waals surface area contributed by atoms with Crippen molar-refractivity contribution in [2.75, 3.05) is 14.2 Å². The van der Waals surface area contributed by atoms with Gasteiger partial charge in [-0.25, -0.2) is 0 Å². The van der Waals surface area contributed by atoms with Crippen LogP contribution in [0.25, 0.3) is 0 Å². The Morgan fingerprint density at radius 2 is 1.85 bits per heavy atom. The molecule has 0 aliphatic heterocycles. The van der Waals surface area contributed by atoms with Crippen LogP contribution >= 0.6 is 0 Å². The summed E-state index contributed by atoms with van der Waals surface area (Å²) < 4.78 is 10.8. The third kappa shape index (κ3) is 3.66. The average Bonchev–Trinajstić information content (AvgIpc) is 2.52. The standard InChI is InChI=1S/C17H27NO2/c1-4-13-8-10-15(11-9-13)18-12-14-6-5-7-16(19-2)17(14)20-3/h5-7,13,15,18H,4,8-12H2,1-3H3. The Kier molecular flexibility index (Phi) is 5.72. The molecular formula is C17H27NO2. The molecule has 1 aromatic rings. The van der Waals surface area contributed by atoms with E-state index in [0.29, 0.717) is 6.04 Å². The van der Waals surface area contributed by atoms with Crippen molar-refractivity contribution in [3.63, 3.8) is 0 Å². The number of rotatable bonds is 6. The average molecular weight is 277 g/mol. The van der Waals surface area contributed by atoms with Crippen LogP contribution in [0.4, 0.5) is 0 Å². The van der Waals surface area contributed by atoms with Gasteiger partial charge in [0, 0.05) is 18.2 Å². The quantitative estimate of drug-likeness (QED) is 0.858. The SMILES string of the molecule is CCC1CCC(NCc2cccc(OC)c2OC)CC1. The first-order valence-corrected chi connectivity index (χ1v) is 7.71. The van der Waals surface area contributed by atoms with E-state index in [9.17, 15) is 0 Å². The number of para-hydroxylation sites is 1. The van der Waals surface area contributed by atoms with E-state index in [2.05, 4.69) is 18.3 Å². The Morgan fingerprint density at radius 1 is 1.10 bits per heavy atom. The highest BCUT2D eigenvalue weighted by Crippen LogP contribution is 2.31. The molecule has 0 heterocycles. The molecule has 3 nitrogen and oxygen atoms in total. The van der Waals surface area contributed by atoms with Gasteiger partial charge in [-0.15, -0.1) is 0 Å². The van der Waals surface area contributed by atoms with Crippen LogP contribution in [0.1, 0.15) is 44.6 Å². The van der Waals surface area contributed by atoms with Gasteiger partial charge in [-0.1, -0.05) is 25.5 Å². The molecule has 20 heavy (non-hydrogen) atoms. The Hall–Kier alpha value is -1.22. The van der Waals surface area contributed by atoms with Crippen molar-refractivity contribution >= 4 is 0 Å². The fourth-order valence-corrected chi connectivity index (χ4v) is 3.12. The molecule has 0 saturated heterocycles. The van der Waals surface area contributed by atoms with Crippen molar-refractivity contribution in [1.29, 1.82) is 0 Å². The molecule has 0 bridgehead atoms. The van der Waals surface area contributed by atoms with Crippen molar-refractivity contribution < 1.29 is 9.47 Å². The molecule has 3 heteroatoms. The van der Waals surface area contributed by atoms with Gasteiger partial charge < -0.3 is 14.8 Å². The lowest BCUT2D eigenvalue weighted by Crippen LogP contribution is -2.32. The molecule has 1 aliphatic rings. The minimum absolute atomic E-state index is 0.647. The van der Waals surface area contributed by atoms with Gasteiger partial charge in [0.25, 0.3) is 0 Å². The summed E-state index contributed by atoms with van der Waals surface area (Å²) in [5.74, 6) is 2.60. The van der Waals surface area contributed by atoms with Crippen LogP contribution in [0.5, 0.6) is 11.5 Å². The number of hydrogen-bond acceptors (Lipinski definition) is 3. The third-order valence-corrected chi connectivity index (χ3v) is 4.49. The molecular weight excluding hydrogens is 250 g/mol. The molecule has 0 atom stereocenters. The van der Waals surface area contributed by atoms with Crippen LogP contribution in [0, 0.1) is 5.92 Å². The zero-order valence-electron chi connectivity index (χ0n) is 12.9. The molecule has 0 aromatic heterocycles. The second kappa shape index (κ2) is 7.53. The van der Waals surface area contributed by atoms with Crippen molar-refractivity contribution in [1.82, 2.24) is 5.32 Å². The van der Waals surface area contributed by atoms with Gasteiger partial charge in [-0.2, -0.15) is 0 Å². The monoisotopic (exact) mass is 277 g/mol. The first-order chi connectivity index (χ1) is 9.78. The summed E-state index contributed by atoms with van der Waals surface area (Å²) in [6.07, 6.45) is 6.65. The molecule has 0 amide bonds. The molecule has 1 fully saturated rings. The largest absolute Gasteiger partial charge is 0.493 e. The van der Waals surface area contributed by atoms with Gasteiger partial charge in [0.15, 0.2) is 11.5 Å². The summed E-state index contributed by atoms with van der Waals surface area (Å²) in [6.45, 7) is 3.15. The highest BCUT2D eigenvalue weighted by atomic mass is 16.5. The number of ether oxygens (including phenoxy) is 2. The Labute approximate surface area is 122 Å². The van der Waals surface area contributed by atoms with Gasteiger partial charge in [-0.3, -0.25) is 0 Å². The summed E-state index contributed by atoms with van der Waals surface area (Å²) >= 11 is 0. The minimum Gasteiger partial charge on any atom is -0.493 e. The molecule has 0 unspecified atom stereocenters. The van der Waals surface area contributed by atoms with Crippen LogP contribution in [-0.4, -0.2) is 20.3 Å². The number of nitrogens with one attached hydrogen (secondary N) is 1. The lowest BCUT2D eigenvalue weighted by atomic mass is 9.84. The second-order valence-electron chi connectivity index (χ2n) is 5.66. The van der Waals surface area contributed by atoms with Crippen LogP contribution in [0.2, 0.25) is 0 Å². The number of benzene rings is 1. The Balaban J connectivity index is 1.91. The zero-order valence-corrected chi connectivity index (χ0v) is 12.9. The van der Waals surface area contributed by atoms with Gasteiger partial charge in [0.2, 0.25) is 0 Å². The van der Waals surface area contributed by atoms with E-state index >= 15 is 0 Å². The molecule has 1 aromatic carbocycles. The van der Waals surface area contributed by atoms with Crippen LogP contribution in [0.15, 0.2) is 18.2 Å². The Morgan fingerprint density at radius 3 is 2.45 bits per heavy atom. The molecule has 1 saturated carbocycles. The van der Waals surface area contributed by atoms with E-state index in [1.165, 1.54) is 37.7 Å². The van der Waals surface area contributed by atoms with Crippen molar-refractivity contribution in [2.24, 2.45) is 5.92 Å². The van der Waals surface area contributed by atoms with Gasteiger partial charge >= 0.3 is 0 Å². The van der Waals surface area contributed by atoms with E-state index in [4.69, 9.17) is 9.47 Å². The molecule has 1 aliphatic carbocycles. The first-order valence-electron chi connectivity index (χ1n) is 7.71. The third-order valence-electron chi connectivity index (χ3n) is 4.49. The van der Waals surface area contributed by atoms with Gasteiger partial charge in [0.05, 0.1) is 14.2 Å². The minimum atomic E-state index is 0.647. The van der Waals surface area contributed by atoms with E-state index in [1.807, 2.05) is 12.1 Å². The van der Waals surface area contributed by atoms with E-state index in [1.54, 1.807) is 14.2 Å². The topological polar surface area (TPSA) is 30.5 Å². The highest BCUT2D eigenvalue weighted by molar-refractivity contribution is 5.46. The van der Waals surface area contributed by atoms with Crippen molar-refractivity contribution in [2.45, 2.75) is 51.6 Å². The summed E-state index contributed by atoms with van der Waals surface area (Å²) in [5.41, 5.74) is 1.17. The summed E-state index contributed by atoms with van der Waals surface area (Å²) in [7, 11) is 3.38. The fraction of sp³-hybridized carbons (Fsp3) is 0.647. The molecule has 1 N–H and O–H groups in total. The highest BCUT2D eigenvalue weighted by Gasteiger charge is 2.20. The summed E-state index contributed by atoms with van der Waals surface area (Å²) in [4.78, 5) is 0. The summed E-state index contributed by atoms with van der Waals surface area (Å²) in [6, 6.07) is 6.71. The molecule has 0 spiro atoms. The van der Waals surface area contributed by atoms with Gasteiger partial charge in [0.1, 0.15) is 0 Å². The molecule has 0 radical (unpaired) electrons. The molecule has 2 rings (SSSR count). The van der Waals surface area contributed by atoms with Gasteiger partial charge in [-0.05, 0) is 37.7 Å². The van der Waals surface area contributed by atoms with Crippen LogP contribution < -0.4 is 14.8 Å². The smallest absolute Gasteiger partial charge is 0.165 e. The first kappa shape index (κ1) is 15.2. The predicted octanol–water partition coefficient (Wildman–Crippen LogP) is 3.76. The number of methoxy groups -OCH3 is 2. The van der Waals surface area contributed by atoms with E-state index in [-0.39, 0.29) is 0 Å². The maximum Gasteiger partial charge on any atom is 0.165 e. The molecule has 112 valence electrons. The van der Waals surface area contributed by atoms with E-state index in [0.717, 1.165) is 24.0 Å². The lowest BCUT2D eigenvalue weighted by molar-refractivity contribution is 0.283. The van der Waals surface area contributed by atoms with E-state index < -0.39 is 0 Å². The normalized spacial score (nSPS) is 22.6. The van der Waals surface area contributed by atoms with Crippen LogP contribution in [-0.2, 0) is 6.54 Å². The predicted molar refractivity (Wildman–Crippen MR) is 82.4 cm³/mol. The zero-order chi connectivity index (χ0) is 14.4. The lowest BCUT2D eigenvalue weighted by Gasteiger charge is -2.28. The summed E-state index contributed by atoms with van der Waals surface area (Å²) in [5, 5.41) is 3.67. The Bertz CT molecular complexity index is 411. The second-order valence-corrected chi connectivity index (χ2v) is 5.66. The maximum atomic E-state index is 5.48. The van der Waals surface area contributed by atoms with Crippen LogP contribution in [0.3, 0.4) is 0 Å². The fourth-order valence-electron chi connectivity index (χ4n) is 3.12. The van der Waals surface area contributed by atoms with Crippen molar-refractivity contribution in [3.8, 4) is 11.5 Å². The number of hydrogen-bond donors (Lipinski definition) is 1. The van der Waals surface area contributed by atoms with Crippen molar-refractivity contribution in [3.05, 3.63) is 23.8 Å².